The van der Waals surface area contributed by atoms with E-state index >= 15 is 0 Å². The number of aromatic nitrogens is 2. The van der Waals surface area contributed by atoms with Gasteiger partial charge in [0.2, 0.25) is 0 Å². The molecule has 2 aromatic heterocycles. The van der Waals surface area contributed by atoms with Crippen molar-refractivity contribution in [2.24, 2.45) is 0 Å². The van der Waals surface area contributed by atoms with Crippen molar-refractivity contribution >= 4 is 17.1 Å². The number of fused-ring (bicyclic) bond motifs is 1. The summed E-state index contributed by atoms with van der Waals surface area (Å²) >= 11 is 0. The summed E-state index contributed by atoms with van der Waals surface area (Å²) in [6.07, 6.45) is 1.33. The van der Waals surface area contributed by atoms with Crippen LogP contribution in [0.5, 0.6) is 11.5 Å². The van der Waals surface area contributed by atoms with Crippen LogP contribution in [0.25, 0.3) is 22.2 Å². The molecule has 11 heteroatoms. The first-order valence-corrected chi connectivity index (χ1v) is 8.91. The van der Waals surface area contributed by atoms with Crippen LogP contribution in [0.1, 0.15) is 0 Å². The lowest BCUT2D eigenvalue weighted by atomic mass is 10.1. The highest BCUT2D eigenvalue weighted by atomic mass is 19.2. The Morgan fingerprint density at radius 1 is 1.00 bits per heavy atom. The first kappa shape index (κ1) is 20.8. The predicted molar refractivity (Wildman–Crippen MR) is 104 cm³/mol. The van der Waals surface area contributed by atoms with Crippen molar-refractivity contribution in [2.75, 3.05) is 0 Å². The molecule has 162 valence electrons. The molecule has 0 saturated heterocycles. The lowest BCUT2D eigenvalue weighted by Crippen LogP contribution is -2.35. The van der Waals surface area contributed by atoms with E-state index in [2.05, 4.69) is 4.98 Å². The molecule has 0 radical (unpaired) electrons. The Morgan fingerprint density at radius 3 is 2.28 bits per heavy atom. The second-order valence-corrected chi connectivity index (χ2v) is 6.55. The van der Waals surface area contributed by atoms with Crippen molar-refractivity contribution in [2.45, 2.75) is 6.54 Å². The van der Waals surface area contributed by atoms with Gasteiger partial charge in [0, 0.05) is 23.9 Å². The van der Waals surface area contributed by atoms with Crippen molar-refractivity contribution < 1.29 is 32.2 Å². The van der Waals surface area contributed by atoms with Gasteiger partial charge in [0.1, 0.15) is 18.0 Å². The van der Waals surface area contributed by atoms with E-state index in [-0.39, 0.29) is 22.6 Å². The van der Waals surface area contributed by atoms with E-state index in [9.17, 15) is 27.6 Å². The Balaban J connectivity index is 1.64. The summed E-state index contributed by atoms with van der Waals surface area (Å²) < 4.78 is 50.4. The van der Waals surface area contributed by atoms with Gasteiger partial charge in [-0.2, -0.15) is 0 Å². The number of carbonyl (C=O) groups is 1. The Labute approximate surface area is 175 Å². The number of halogens is 3. The summed E-state index contributed by atoms with van der Waals surface area (Å²) in [5.41, 5.74) is -0.207. The third kappa shape index (κ3) is 3.95. The maximum absolute atomic E-state index is 13.3. The summed E-state index contributed by atoms with van der Waals surface area (Å²) in [6, 6.07) is 8.88. The largest absolute Gasteiger partial charge is 0.480 e. The normalized spacial score (nSPS) is 11.0. The van der Waals surface area contributed by atoms with E-state index in [4.69, 9.17) is 14.3 Å². The molecule has 2 aromatic carbocycles. The zero-order valence-corrected chi connectivity index (χ0v) is 15.8. The number of carboxylic acids is 1. The minimum Gasteiger partial charge on any atom is -0.480 e. The first-order chi connectivity index (χ1) is 15.2. The van der Waals surface area contributed by atoms with Crippen molar-refractivity contribution in [3.63, 3.8) is 0 Å². The Hall–Kier alpha value is -4.41. The number of nitrogens with zero attached hydrogens (tertiary/aromatic N) is 2. The smallest absolute Gasteiger partial charge is 0.422 e. The van der Waals surface area contributed by atoms with Crippen LogP contribution in [0.3, 0.4) is 0 Å². The zero-order valence-electron chi connectivity index (χ0n) is 15.8. The van der Waals surface area contributed by atoms with E-state index in [1.807, 2.05) is 0 Å². The average Bonchev–Trinajstić information content (AvgIpc) is 2.75. The van der Waals surface area contributed by atoms with Crippen LogP contribution in [0, 0.1) is 17.5 Å². The van der Waals surface area contributed by atoms with Crippen molar-refractivity contribution in [1.29, 1.82) is 0 Å². The van der Waals surface area contributed by atoms with Crippen LogP contribution in [0.2, 0.25) is 0 Å². The molecule has 32 heavy (non-hydrogen) atoms. The molecule has 0 atom stereocenters. The maximum Gasteiger partial charge on any atom is 0.422 e. The molecule has 0 unspecified atom stereocenters. The first-order valence-electron chi connectivity index (χ1n) is 8.91. The molecule has 0 aliphatic carbocycles. The van der Waals surface area contributed by atoms with Gasteiger partial charge in [-0.1, -0.05) is 12.1 Å². The minimum absolute atomic E-state index is 0.128. The topological polar surface area (TPSA) is 112 Å². The second kappa shape index (κ2) is 8.02. The highest BCUT2D eigenvalue weighted by Gasteiger charge is 2.15. The molecular weight excluding hydrogens is 433 g/mol. The molecule has 4 rings (SSSR count). The molecule has 0 bridgehead atoms. The van der Waals surface area contributed by atoms with Gasteiger partial charge in [0.05, 0.1) is 0 Å². The highest BCUT2D eigenvalue weighted by molar-refractivity contribution is 5.78. The van der Waals surface area contributed by atoms with Crippen molar-refractivity contribution in [3.05, 3.63) is 87.0 Å². The Bertz CT molecular complexity index is 1460. The van der Waals surface area contributed by atoms with E-state index in [1.165, 1.54) is 24.4 Å². The van der Waals surface area contributed by atoms with Crippen LogP contribution in [0.15, 0.2) is 62.7 Å². The molecule has 0 spiro atoms. The fourth-order valence-corrected chi connectivity index (χ4v) is 2.92. The van der Waals surface area contributed by atoms with Gasteiger partial charge in [0.25, 0.3) is 5.56 Å². The number of aliphatic carboxylic acids is 1. The average molecular weight is 444 g/mol. The summed E-state index contributed by atoms with van der Waals surface area (Å²) in [5.74, 6) is -6.92. The van der Waals surface area contributed by atoms with Gasteiger partial charge in [0.15, 0.2) is 28.6 Å². The number of hydrogen-bond acceptors (Lipinski definition) is 6. The fourth-order valence-electron chi connectivity index (χ4n) is 2.92. The van der Waals surface area contributed by atoms with Gasteiger partial charge < -0.3 is 14.3 Å². The SMILES string of the molecule is O=C(O)Cn1c(=O)oc2cc(-c3ccc(Oc4cc(F)c(F)c(F)c4)cc3)cnc2c1=O. The number of rotatable bonds is 5. The highest BCUT2D eigenvalue weighted by Crippen LogP contribution is 2.28. The standard InChI is InChI=1S/C21H11F3N2O6/c22-14-6-13(7-15(23)18(14)24)31-12-3-1-10(2-4-12)11-5-16-19(25-8-11)20(29)26(9-17(27)28)21(30)32-16/h1-8H,9H2,(H,27,28). The maximum atomic E-state index is 13.3. The number of carboxylic acid groups (broad SMARTS) is 1. The van der Waals surface area contributed by atoms with E-state index in [0.29, 0.717) is 27.8 Å². The fraction of sp³-hybridized carbons (Fsp3) is 0.0476. The molecule has 4 aromatic rings. The number of hydrogen-bond donors (Lipinski definition) is 1. The predicted octanol–water partition coefficient (Wildman–Crippen LogP) is 3.31. The lowest BCUT2D eigenvalue weighted by molar-refractivity contribution is -0.137. The molecule has 0 amide bonds. The molecule has 0 aliphatic rings. The molecule has 8 nitrogen and oxygen atoms in total. The van der Waals surface area contributed by atoms with Crippen LogP contribution in [0.4, 0.5) is 13.2 Å². The van der Waals surface area contributed by atoms with E-state index < -0.39 is 41.3 Å². The van der Waals surface area contributed by atoms with E-state index in [1.54, 1.807) is 12.1 Å². The summed E-state index contributed by atoms with van der Waals surface area (Å²) in [4.78, 5) is 39.0. The quantitative estimate of drug-likeness (QED) is 0.470. The third-order valence-corrected chi connectivity index (χ3v) is 4.39. The van der Waals surface area contributed by atoms with Gasteiger partial charge >= 0.3 is 11.7 Å². The summed E-state index contributed by atoms with van der Waals surface area (Å²) in [5, 5.41) is 8.81. The third-order valence-electron chi connectivity index (χ3n) is 4.39. The monoisotopic (exact) mass is 444 g/mol. The molecular formula is C21H11F3N2O6. The molecule has 2 heterocycles. The molecule has 0 fully saturated rings. The number of ether oxygens (including phenoxy) is 1. The van der Waals surface area contributed by atoms with Gasteiger partial charge in [-0.05, 0) is 23.8 Å². The molecule has 0 aliphatic heterocycles. The van der Waals surface area contributed by atoms with Crippen molar-refractivity contribution in [1.82, 2.24) is 9.55 Å². The Morgan fingerprint density at radius 2 is 1.66 bits per heavy atom. The van der Waals surface area contributed by atoms with Crippen LogP contribution < -0.4 is 16.1 Å². The minimum atomic E-state index is -1.60. The van der Waals surface area contributed by atoms with Crippen molar-refractivity contribution in [3.8, 4) is 22.6 Å². The Kier molecular flexibility index (Phi) is 5.23. The van der Waals surface area contributed by atoms with Gasteiger partial charge in [-0.3, -0.25) is 9.59 Å². The van der Waals surface area contributed by atoms with Gasteiger partial charge in [-0.15, -0.1) is 0 Å². The molecule has 1 N–H and O–H groups in total. The zero-order chi connectivity index (χ0) is 23.0. The van der Waals surface area contributed by atoms with Gasteiger partial charge in [-0.25, -0.2) is 27.5 Å². The summed E-state index contributed by atoms with van der Waals surface area (Å²) in [6.45, 7) is -0.857. The van der Waals surface area contributed by atoms with E-state index in [0.717, 1.165) is 0 Å². The number of benzene rings is 2. The second-order valence-electron chi connectivity index (χ2n) is 6.55. The van der Waals surface area contributed by atoms with Crippen LogP contribution >= 0.6 is 0 Å². The van der Waals surface area contributed by atoms with Crippen LogP contribution in [-0.2, 0) is 11.3 Å². The summed E-state index contributed by atoms with van der Waals surface area (Å²) in [7, 11) is 0. The van der Waals surface area contributed by atoms with Crippen LogP contribution in [-0.4, -0.2) is 20.6 Å². The molecule has 0 saturated carbocycles. The lowest BCUT2D eigenvalue weighted by Gasteiger charge is -2.08. The number of pyridine rings is 1.